The lowest BCUT2D eigenvalue weighted by Gasteiger charge is -2.17. The molecule has 0 aliphatic heterocycles. The summed E-state index contributed by atoms with van der Waals surface area (Å²) in [6.45, 7) is 4.87. The van der Waals surface area contributed by atoms with Crippen LogP contribution in [0.5, 0.6) is 0 Å². The first-order valence-electron chi connectivity index (χ1n) is 5.82. The molecule has 1 aromatic rings. The van der Waals surface area contributed by atoms with Crippen LogP contribution in [0.3, 0.4) is 0 Å². The van der Waals surface area contributed by atoms with E-state index in [1.807, 2.05) is 12.1 Å². The van der Waals surface area contributed by atoms with E-state index in [9.17, 15) is 0 Å². The van der Waals surface area contributed by atoms with Gasteiger partial charge in [0.25, 0.3) is 0 Å². The lowest BCUT2D eigenvalue weighted by molar-refractivity contribution is 0.604. The third-order valence-corrected chi connectivity index (χ3v) is 2.35. The average molecular weight is 222 g/mol. The summed E-state index contributed by atoms with van der Waals surface area (Å²) in [5, 5.41) is 3.36. The Morgan fingerprint density at radius 2 is 2.19 bits per heavy atom. The molecule has 0 spiro atoms. The predicted octanol–water partition coefficient (Wildman–Crippen LogP) is 1.64. The van der Waals surface area contributed by atoms with Crippen molar-refractivity contribution < 1.29 is 0 Å². The molecular weight excluding hydrogens is 200 g/mol. The number of aromatic nitrogens is 1. The number of rotatable bonds is 6. The monoisotopic (exact) mass is 222 g/mol. The number of nitrogens with one attached hydrogen (secondary N) is 1. The van der Waals surface area contributed by atoms with E-state index in [1.54, 1.807) is 6.20 Å². The normalized spacial score (nSPS) is 12.8. The minimum atomic E-state index is -0.0361. The second-order valence-corrected chi connectivity index (χ2v) is 4.27. The summed E-state index contributed by atoms with van der Waals surface area (Å²) < 4.78 is 0. The molecule has 4 nitrogen and oxygen atoms in total. The number of nitrogens with two attached hydrogens (primary N) is 2. The van der Waals surface area contributed by atoms with Crippen LogP contribution in [-0.2, 0) is 0 Å². The fourth-order valence-corrected chi connectivity index (χ4v) is 1.62. The van der Waals surface area contributed by atoms with Gasteiger partial charge in [0.2, 0.25) is 0 Å². The van der Waals surface area contributed by atoms with Crippen LogP contribution in [0.1, 0.15) is 38.4 Å². The van der Waals surface area contributed by atoms with Crippen molar-refractivity contribution in [3.8, 4) is 0 Å². The number of hydrogen-bond acceptors (Lipinski definition) is 4. The Bertz CT molecular complexity index is 312. The Morgan fingerprint density at radius 3 is 2.81 bits per heavy atom. The van der Waals surface area contributed by atoms with Gasteiger partial charge in [-0.05, 0) is 45.4 Å². The highest BCUT2D eigenvalue weighted by atomic mass is 14.9. The van der Waals surface area contributed by atoms with Gasteiger partial charge >= 0.3 is 0 Å². The fraction of sp³-hybridized carbons (Fsp3) is 0.583. The van der Waals surface area contributed by atoms with Crippen LogP contribution in [0, 0.1) is 0 Å². The molecule has 16 heavy (non-hydrogen) atoms. The van der Waals surface area contributed by atoms with Crippen LogP contribution in [-0.4, -0.2) is 17.6 Å². The quantitative estimate of drug-likeness (QED) is 0.684. The Hall–Kier alpha value is -1.13. The first kappa shape index (κ1) is 12.9. The van der Waals surface area contributed by atoms with Crippen molar-refractivity contribution in [2.45, 2.75) is 38.8 Å². The largest absolute Gasteiger partial charge is 0.381 e. The van der Waals surface area contributed by atoms with Gasteiger partial charge in [-0.15, -0.1) is 0 Å². The fourth-order valence-electron chi connectivity index (χ4n) is 1.62. The highest BCUT2D eigenvalue weighted by Crippen LogP contribution is 2.22. The molecule has 1 heterocycles. The maximum Gasteiger partial charge on any atom is 0.0801 e. The highest BCUT2D eigenvalue weighted by molar-refractivity contribution is 5.49. The molecule has 5 N–H and O–H groups in total. The molecule has 1 aromatic heterocycles. The minimum absolute atomic E-state index is 0.0361. The Balaban J connectivity index is 2.76. The van der Waals surface area contributed by atoms with Crippen LogP contribution in [0.4, 0.5) is 5.69 Å². The van der Waals surface area contributed by atoms with Crippen LogP contribution >= 0.6 is 0 Å². The number of nitrogens with zero attached hydrogens (tertiary/aromatic N) is 1. The van der Waals surface area contributed by atoms with E-state index in [4.69, 9.17) is 11.5 Å². The molecule has 0 aliphatic carbocycles. The van der Waals surface area contributed by atoms with Gasteiger partial charge in [-0.1, -0.05) is 0 Å². The molecule has 0 bridgehead atoms. The molecule has 0 aliphatic rings. The topological polar surface area (TPSA) is 77.0 Å². The molecule has 0 radical (unpaired) electrons. The van der Waals surface area contributed by atoms with E-state index < -0.39 is 0 Å². The van der Waals surface area contributed by atoms with Crippen molar-refractivity contribution in [2.24, 2.45) is 11.5 Å². The van der Waals surface area contributed by atoms with Gasteiger partial charge in [-0.2, -0.15) is 0 Å². The number of hydrogen-bond donors (Lipinski definition) is 3. The van der Waals surface area contributed by atoms with Gasteiger partial charge in [-0.3, -0.25) is 4.98 Å². The Morgan fingerprint density at radius 1 is 1.44 bits per heavy atom. The van der Waals surface area contributed by atoms with Gasteiger partial charge in [-0.25, -0.2) is 0 Å². The van der Waals surface area contributed by atoms with Crippen LogP contribution < -0.4 is 16.8 Å². The SMILES string of the molecule is CC(C)Nc1cccnc1C(N)CCCN. The van der Waals surface area contributed by atoms with E-state index in [-0.39, 0.29) is 6.04 Å². The molecular formula is C12H22N4. The van der Waals surface area contributed by atoms with Crippen LogP contribution in [0.2, 0.25) is 0 Å². The molecule has 4 heteroatoms. The van der Waals surface area contributed by atoms with E-state index in [1.165, 1.54) is 0 Å². The van der Waals surface area contributed by atoms with Gasteiger partial charge in [0.05, 0.1) is 11.4 Å². The molecule has 1 unspecified atom stereocenters. The van der Waals surface area contributed by atoms with Gasteiger partial charge in [0, 0.05) is 18.3 Å². The predicted molar refractivity (Wildman–Crippen MR) is 68.2 cm³/mol. The van der Waals surface area contributed by atoms with E-state index in [0.29, 0.717) is 12.6 Å². The molecule has 90 valence electrons. The zero-order valence-corrected chi connectivity index (χ0v) is 10.1. The van der Waals surface area contributed by atoms with Crippen LogP contribution in [0.25, 0.3) is 0 Å². The van der Waals surface area contributed by atoms with Gasteiger partial charge in [0.1, 0.15) is 0 Å². The van der Waals surface area contributed by atoms with Crippen molar-refractivity contribution in [3.05, 3.63) is 24.0 Å². The summed E-state index contributed by atoms with van der Waals surface area (Å²) in [5.74, 6) is 0. The maximum absolute atomic E-state index is 6.10. The lowest BCUT2D eigenvalue weighted by atomic mass is 10.1. The highest BCUT2D eigenvalue weighted by Gasteiger charge is 2.12. The van der Waals surface area contributed by atoms with Gasteiger partial charge < -0.3 is 16.8 Å². The molecule has 0 saturated carbocycles. The molecule has 1 rings (SSSR count). The number of anilines is 1. The summed E-state index contributed by atoms with van der Waals surface area (Å²) in [7, 11) is 0. The zero-order chi connectivity index (χ0) is 12.0. The molecule has 0 saturated heterocycles. The van der Waals surface area contributed by atoms with Crippen molar-refractivity contribution in [2.75, 3.05) is 11.9 Å². The van der Waals surface area contributed by atoms with Crippen molar-refractivity contribution in [3.63, 3.8) is 0 Å². The first-order valence-corrected chi connectivity index (χ1v) is 5.82. The summed E-state index contributed by atoms with van der Waals surface area (Å²) >= 11 is 0. The third-order valence-electron chi connectivity index (χ3n) is 2.35. The van der Waals surface area contributed by atoms with Crippen molar-refractivity contribution >= 4 is 5.69 Å². The zero-order valence-electron chi connectivity index (χ0n) is 10.1. The van der Waals surface area contributed by atoms with Crippen LogP contribution in [0.15, 0.2) is 18.3 Å². The summed E-state index contributed by atoms with van der Waals surface area (Å²) in [4.78, 5) is 4.36. The molecule has 1 atom stereocenters. The lowest BCUT2D eigenvalue weighted by Crippen LogP contribution is -2.18. The van der Waals surface area contributed by atoms with Crippen molar-refractivity contribution in [1.82, 2.24) is 4.98 Å². The Labute approximate surface area is 97.4 Å². The molecule has 0 amide bonds. The summed E-state index contributed by atoms with van der Waals surface area (Å²) in [6, 6.07) is 4.28. The third kappa shape index (κ3) is 3.79. The van der Waals surface area contributed by atoms with E-state index in [0.717, 1.165) is 24.2 Å². The van der Waals surface area contributed by atoms with Gasteiger partial charge in [0.15, 0.2) is 0 Å². The standard InChI is InChI=1S/C12H22N4/c1-9(2)16-11-6-4-8-15-12(11)10(14)5-3-7-13/h4,6,8-10,16H,3,5,7,13-14H2,1-2H3. The second kappa shape index (κ2) is 6.45. The summed E-state index contributed by atoms with van der Waals surface area (Å²) in [6.07, 6.45) is 3.59. The van der Waals surface area contributed by atoms with Crippen molar-refractivity contribution in [1.29, 1.82) is 0 Å². The molecule has 0 aromatic carbocycles. The average Bonchev–Trinajstić information content (AvgIpc) is 2.26. The second-order valence-electron chi connectivity index (χ2n) is 4.27. The smallest absolute Gasteiger partial charge is 0.0801 e. The van der Waals surface area contributed by atoms with E-state index in [2.05, 4.69) is 24.1 Å². The number of pyridine rings is 1. The summed E-state index contributed by atoms with van der Waals surface area (Å²) in [5.41, 5.74) is 13.5. The minimum Gasteiger partial charge on any atom is -0.381 e. The maximum atomic E-state index is 6.10. The molecule has 0 fully saturated rings. The first-order chi connectivity index (χ1) is 7.65. The van der Waals surface area contributed by atoms with E-state index >= 15 is 0 Å². The Kier molecular flexibility index (Phi) is 5.22.